The summed E-state index contributed by atoms with van der Waals surface area (Å²) in [5, 5.41) is 0. The Bertz CT molecular complexity index is 276. The number of nitrogens with zero attached hydrogens (tertiary/aromatic N) is 2. The second-order valence-corrected chi connectivity index (χ2v) is 8.36. The van der Waals surface area contributed by atoms with Gasteiger partial charge in [-0.05, 0) is 64.4 Å². The third-order valence-electron chi connectivity index (χ3n) is 5.00. The average Bonchev–Trinajstić information content (AvgIpc) is 2.68. The van der Waals surface area contributed by atoms with Crippen LogP contribution in [0.3, 0.4) is 0 Å². The Balaban J connectivity index is 1.59. The van der Waals surface area contributed by atoms with Gasteiger partial charge in [0.25, 0.3) is 0 Å². The molecule has 0 aromatic heterocycles. The van der Waals surface area contributed by atoms with E-state index in [1.165, 1.54) is 77.0 Å². The molecule has 3 heterocycles. The summed E-state index contributed by atoms with van der Waals surface area (Å²) in [5.74, 6) is 1.39. The van der Waals surface area contributed by atoms with Crippen LogP contribution >= 0.6 is 11.8 Å². The molecule has 0 spiro atoms. The van der Waals surface area contributed by atoms with Gasteiger partial charge >= 0.3 is 0 Å². The van der Waals surface area contributed by atoms with E-state index in [-0.39, 0.29) is 0 Å². The van der Waals surface area contributed by atoms with Gasteiger partial charge in [-0.15, -0.1) is 0 Å². The van der Waals surface area contributed by atoms with Gasteiger partial charge in [-0.1, -0.05) is 6.42 Å². The fourth-order valence-electron chi connectivity index (χ4n) is 4.03. The summed E-state index contributed by atoms with van der Waals surface area (Å²) in [6.45, 7) is 9.23. The molecule has 3 fully saturated rings. The Hall–Kier alpha value is 0.270. The van der Waals surface area contributed by atoms with E-state index in [0.29, 0.717) is 4.75 Å². The fraction of sp³-hybridized carbons (Fsp3) is 1.00. The van der Waals surface area contributed by atoms with Crippen LogP contribution in [0.15, 0.2) is 0 Å². The zero-order valence-electron chi connectivity index (χ0n) is 11.9. The first-order valence-electron chi connectivity index (χ1n) is 7.86. The fourth-order valence-corrected chi connectivity index (χ4v) is 5.37. The van der Waals surface area contributed by atoms with Crippen LogP contribution in [0.4, 0.5) is 0 Å². The van der Waals surface area contributed by atoms with Gasteiger partial charge in [0.2, 0.25) is 0 Å². The molecule has 18 heavy (non-hydrogen) atoms. The molecule has 2 nitrogen and oxygen atoms in total. The van der Waals surface area contributed by atoms with E-state index in [9.17, 15) is 0 Å². The second-order valence-electron chi connectivity index (χ2n) is 6.68. The Morgan fingerprint density at radius 1 is 1.11 bits per heavy atom. The summed E-state index contributed by atoms with van der Waals surface area (Å²) in [5.41, 5.74) is 0. The first-order valence-corrected chi connectivity index (χ1v) is 8.84. The monoisotopic (exact) mass is 268 g/mol. The van der Waals surface area contributed by atoms with Gasteiger partial charge in [0.1, 0.15) is 0 Å². The quantitative estimate of drug-likeness (QED) is 0.760. The molecule has 3 rings (SSSR count). The highest BCUT2D eigenvalue weighted by atomic mass is 32.2. The Morgan fingerprint density at radius 3 is 2.83 bits per heavy atom. The maximum Gasteiger partial charge on any atom is 0.0259 e. The largest absolute Gasteiger partial charge is 0.300 e. The zero-order valence-corrected chi connectivity index (χ0v) is 12.7. The van der Waals surface area contributed by atoms with E-state index in [2.05, 4.69) is 28.5 Å². The topological polar surface area (TPSA) is 6.48 Å². The van der Waals surface area contributed by atoms with Crippen LogP contribution in [0, 0.1) is 0 Å². The summed E-state index contributed by atoms with van der Waals surface area (Å²) >= 11 is 2.22. The Morgan fingerprint density at radius 2 is 2.00 bits per heavy atom. The number of hydrogen-bond acceptors (Lipinski definition) is 3. The van der Waals surface area contributed by atoms with Crippen molar-refractivity contribution in [3.63, 3.8) is 0 Å². The van der Waals surface area contributed by atoms with E-state index >= 15 is 0 Å². The van der Waals surface area contributed by atoms with E-state index in [1.54, 1.807) is 0 Å². The van der Waals surface area contributed by atoms with Crippen LogP contribution in [-0.4, -0.2) is 59.1 Å². The molecule has 2 unspecified atom stereocenters. The molecule has 0 bridgehead atoms. The molecule has 2 atom stereocenters. The van der Waals surface area contributed by atoms with Crippen LogP contribution in [0.2, 0.25) is 0 Å². The average molecular weight is 268 g/mol. The molecule has 3 saturated heterocycles. The molecule has 3 heteroatoms. The SMILES string of the molecule is CC1(CN2CCCN3CCCCC3C2)CCCS1. The van der Waals surface area contributed by atoms with Gasteiger partial charge in [0, 0.05) is 23.9 Å². The van der Waals surface area contributed by atoms with Gasteiger partial charge in [-0.25, -0.2) is 0 Å². The lowest BCUT2D eigenvalue weighted by atomic mass is 10.0. The molecule has 0 radical (unpaired) electrons. The van der Waals surface area contributed by atoms with Crippen molar-refractivity contribution in [3.05, 3.63) is 0 Å². The second kappa shape index (κ2) is 5.72. The van der Waals surface area contributed by atoms with Crippen LogP contribution < -0.4 is 0 Å². The van der Waals surface area contributed by atoms with Crippen LogP contribution in [0.5, 0.6) is 0 Å². The third kappa shape index (κ3) is 3.05. The maximum absolute atomic E-state index is 2.79. The van der Waals surface area contributed by atoms with Crippen molar-refractivity contribution in [1.29, 1.82) is 0 Å². The van der Waals surface area contributed by atoms with Crippen molar-refractivity contribution in [2.75, 3.05) is 38.5 Å². The zero-order chi connectivity index (χ0) is 12.4. The third-order valence-corrected chi connectivity index (χ3v) is 6.52. The molecule has 0 amide bonds. The maximum atomic E-state index is 2.79. The number of thioether (sulfide) groups is 1. The van der Waals surface area contributed by atoms with Crippen molar-refractivity contribution < 1.29 is 0 Å². The summed E-state index contributed by atoms with van der Waals surface area (Å²) in [6, 6.07) is 0.872. The van der Waals surface area contributed by atoms with Crippen molar-refractivity contribution in [1.82, 2.24) is 9.80 Å². The van der Waals surface area contributed by atoms with E-state index in [1.807, 2.05) is 0 Å². The molecule has 104 valence electrons. The van der Waals surface area contributed by atoms with Crippen molar-refractivity contribution in [2.24, 2.45) is 0 Å². The standard InChI is InChI=1S/C15H28N2S/c1-15(7-4-11-18-15)13-16-8-5-10-17-9-3-2-6-14(17)12-16/h14H,2-13H2,1H3. The van der Waals surface area contributed by atoms with E-state index in [0.717, 1.165) is 6.04 Å². The summed E-state index contributed by atoms with van der Waals surface area (Å²) in [7, 11) is 0. The van der Waals surface area contributed by atoms with Crippen LogP contribution in [0.1, 0.15) is 45.4 Å². The number of hydrogen-bond donors (Lipinski definition) is 0. The van der Waals surface area contributed by atoms with Gasteiger partial charge in [0.15, 0.2) is 0 Å². The predicted octanol–water partition coefficient (Wildman–Crippen LogP) is 2.83. The molecule has 0 aliphatic carbocycles. The lowest BCUT2D eigenvalue weighted by Gasteiger charge is -2.37. The summed E-state index contributed by atoms with van der Waals surface area (Å²) in [6.07, 6.45) is 8.59. The van der Waals surface area contributed by atoms with E-state index in [4.69, 9.17) is 0 Å². The van der Waals surface area contributed by atoms with Gasteiger partial charge < -0.3 is 4.90 Å². The van der Waals surface area contributed by atoms with Crippen LogP contribution in [0.25, 0.3) is 0 Å². The lowest BCUT2D eigenvalue weighted by molar-refractivity contribution is 0.133. The molecule has 0 aromatic rings. The molecular formula is C15H28N2S. The normalized spacial score (nSPS) is 39.5. The van der Waals surface area contributed by atoms with E-state index < -0.39 is 0 Å². The predicted molar refractivity (Wildman–Crippen MR) is 80.4 cm³/mol. The number of rotatable bonds is 2. The molecule has 0 saturated carbocycles. The molecule has 3 aliphatic rings. The van der Waals surface area contributed by atoms with Crippen molar-refractivity contribution in [3.8, 4) is 0 Å². The first kappa shape index (κ1) is 13.3. The number of piperidine rings is 1. The molecule has 0 aromatic carbocycles. The minimum atomic E-state index is 0.559. The highest BCUT2D eigenvalue weighted by Gasteiger charge is 2.34. The van der Waals surface area contributed by atoms with Crippen molar-refractivity contribution in [2.45, 2.75) is 56.2 Å². The minimum Gasteiger partial charge on any atom is -0.300 e. The molecule has 0 N–H and O–H groups in total. The van der Waals surface area contributed by atoms with Crippen LogP contribution in [-0.2, 0) is 0 Å². The minimum absolute atomic E-state index is 0.559. The van der Waals surface area contributed by atoms with Gasteiger partial charge in [-0.3, -0.25) is 4.90 Å². The lowest BCUT2D eigenvalue weighted by Crippen LogP contribution is -2.46. The Labute approximate surface area is 116 Å². The summed E-state index contributed by atoms with van der Waals surface area (Å²) < 4.78 is 0.559. The number of fused-ring (bicyclic) bond motifs is 1. The molecule has 3 aliphatic heterocycles. The first-order chi connectivity index (χ1) is 8.75. The van der Waals surface area contributed by atoms with Gasteiger partial charge in [0.05, 0.1) is 0 Å². The molecular weight excluding hydrogens is 240 g/mol. The van der Waals surface area contributed by atoms with Gasteiger partial charge in [-0.2, -0.15) is 11.8 Å². The highest BCUT2D eigenvalue weighted by Crippen LogP contribution is 2.38. The Kier molecular flexibility index (Phi) is 4.21. The summed E-state index contributed by atoms with van der Waals surface area (Å²) in [4.78, 5) is 5.56. The highest BCUT2D eigenvalue weighted by molar-refractivity contribution is 8.00. The smallest absolute Gasteiger partial charge is 0.0259 e. The van der Waals surface area contributed by atoms with Crippen molar-refractivity contribution >= 4 is 11.8 Å².